The van der Waals surface area contributed by atoms with E-state index in [1.54, 1.807) is 0 Å². The molecule has 1 saturated heterocycles. The van der Waals surface area contributed by atoms with Crippen LogP contribution in [0.5, 0.6) is 0 Å². The van der Waals surface area contributed by atoms with Gasteiger partial charge in [-0.25, -0.2) is 0 Å². The Labute approximate surface area is 141 Å². The first kappa shape index (κ1) is 18.2. The molecule has 1 aliphatic heterocycles. The molecule has 1 N–H and O–H groups in total. The maximum absolute atomic E-state index is 9.42. The lowest BCUT2D eigenvalue weighted by atomic mass is 10.1. The molecule has 0 aliphatic carbocycles. The number of aliphatic hydroxyl groups is 1. The number of allylic oxidation sites excluding steroid dienone is 1. The normalized spacial score (nSPS) is 19.7. The van der Waals surface area contributed by atoms with E-state index in [1.165, 1.54) is 16.7 Å². The van der Waals surface area contributed by atoms with E-state index >= 15 is 0 Å². The molecule has 0 amide bonds. The van der Waals surface area contributed by atoms with Crippen molar-refractivity contribution >= 4 is 0 Å². The SMILES string of the molecule is CC(C)=CCCN1CCN(Cc2ccc(C)cc2)[C@@H](CCO)C1. The fraction of sp³-hybridized carbons (Fsp3) is 0.600. The van der Waals surface area contributed by atoms with Gasteiger partial charge < -0.3 is 10.0 Å². The zero-order chi connectivity index (χ0) is 16.7. The third-order valence-corrected chi connectivity index (χ3v) is 4.66. The van der Waals surface area contributed by atoms with Gasteiger partial charge in [-0.3, -0.25) is 4.90 Å². The number of piperazine rings is 1. The molecule has 2 rings (SSSR count). The number of hydrogen-bond acceptors (Lipinski definition) is 3. The minimum absolute atomic E-state index is 0.275. The van der Waals surface area contributed by atoms with Gasteiger partial charge in [0.25, 0.3) is 0 Å². The molecule has 0 aromatic heterocycles. The zero-order valence-corrected chi connectivity index (χ0v) is 15.0. The van der Waals surface area contributed by atoms with Gasteiger partial charge in [-0.15, -0.1) is 0 Å². The number of benzene rings is 1. The Balaban J connectivity index is 1.90. The van der Waals surface area contributed by atoms with Crippen LogP contribution in [0.15, 0.2) is 35.9 Å². The Hall–Kier alpha value is -1.16. The van der Waals surface area contributed by atoms with Crippen LogP contribution in [0.3, 0.4) is 0 Å². The molecule has 0 unspecified atom stereocenters. The van der Waals surface area contributed by atoms with Gasteiger partial charge >= 0.3 is 0 Å². The predicted octanol–water partition coefficient (Wildman–Crippen LogP) is 3.22. The van der Waals surface area contributed by atoms with Crippen LogP contribution in [0.4, 0.5) is 0 Å². The quantitative estimate of drug-likeness (QED) is 0.783. The predicted molar refractivity (Wildman–Crippen MR) is 97.6 cm³/mol. The highest BCUT2D eigenvalue weighted by molar-refractivity contribution is 5.21. The molecule has 0 radical (unpaired) electrons. The first-order valence-corrected chi connectivity index (χ1v) is 8.84. The Morgan fingerprint density at radius 1 is 1.22 bits per heavy atom. The zero-order valence-electron chi connectivity index (χ0n) is 15.0. The summed E-state index contributed by atoms with van der Waals surface area (Å²) in [6.07, 6.45) is 4.32. The van der Waals surface area contributed by atoms with E-state index in [9.17, 15) is 5.11 Å². The first-order chi connectivity index (χ1) is 11.1. The summed E-state index contributed by atoms with van der Waals surface area (Å²) in [5, 5.41) is 9.42. The lowest BCUT2D eigenvalue weighted by Gasteiger charge is -2.41. The van der Waals surface area contributed by atoms with Crippen molar-refractivity contribution in [2.45, 2.75) is 46.2 Å². The fourth-order valence-electron chi connectivity index (χ4n) is 3.26. The van der Waals surface area contributed by atoms with Crippen molar-refractivity contribution < 1.29 is 5.11 Å². The summed E-state index contributed by atoms with van der Waals surface area (Å²) in [6.45, 7) is 12.1. The number of hydrogen-bond donors (Lipinski definition) is 1. The smallest absolute Gasteiger partial charge is 0.0446 e. The van der Waals surface area contributed by atoms with Gasteiger partial charge in [-0.1, -0.05) is 41.5 Å². The summed E-state index contributed by atoms with van der Waals surface area (Å²) < 4.78 is 0. The Kier molecular flexibility index (Phi) is 7.28. The highest BCUT2D eigenvalue weighted by atomic mass is 16.3. The van der Waals surface area contributed by atoms with Crippen molar-refractivity contribution in [1.29, 1.82) is 0 Å². The maximum Gasteiger partial charge on any atom is 0.0446 e. The van der Waals surface area contributed by atoms with E-state index in [-0.39, 0.29) is 6.61 Å². The van der Waals surface area contributed by atoms with E-state index < -0.39 is 0 Å². The lowest BCUT2D eigenvalue weighted by molar-refractivity contribution is 0.0546. The summed E-state index contributed by atoms with van der Waals surface area (Å²) in [6, 6.07) is 9.29. The van der Waals surface area contributed by atoms with Gasteiger partial charge in [-0.2, -0.15) is 0 Å². The van der Waals surface area contributed by atoms with Crippen LogP contribution in [0.25, 0.3) is 0 Å². The van der Waals surface area contributed by atoms with Gasteiger partial charge in [0.2, 0.25) is 0 Å². The van der Waals surface area contributed by atoms with Crippen LogP contribution < -0.4 is 0 Å². The molecule has 128 valence electrons. The second kappa shape index (κ2) is 9.21. The maximum atomic E-state index is 9.42. The van der Waals surface area contributed by atoms with Crippen molar-refractivity contribution in [3.63, 3.8) is 0 Å². The molecule has 1 aromatic rings. The summed E-state index contributed by atoms with van der Waals surface area (Å²) in [5.41, 5.74) is 4.08. The third-order valence-electron chi connectivity index (χ3n) is 4.66. The molecule has 1 aliphatic rings. The van der Waals surface area contributed by atoms with Gasteiger partial charge in [0.15, 0.2) is 0 Å². The second-order valence-electron chi connectivity index (χ2n) is 6.99. The van der Waals surface area contributed by atoms with Crippen LogP contribution in [0.2, 0.25) is 0 Å². The molecular weight excluding hydrogens is 284 g/mol. The van der Waals surface area contributed by atoms with E-state index in [1.807, 2.05) is 0 Å². The van der Waals surface area contributed by atoms with Crippen molar-refractivity contribution in [2.24, 2.45) is 0 Å². The van der Waals surface area contributed by atoms with Crippen LogP contribution in [0.1, 0.15) is 37.8 Å². The molecule has 1 atom stereocenters. The molecule has 0 saturated carbocycles. The van der Waals surface area contributed by atoms with Crippen LogP contribution >= 0.6 is 0 Å². The molecule has 3 nitrogen and oxygen atoms in total. The average Bonchev–Trinajstić information content (AvgIpc) is 2.52. The average molecular weight is 316 g/mol. The fourth-order valence-corrected chi connectivity index (χ4v) is 3.26. The van der Waals surface area contributed by atoms with E-state index in [2.05, 4.69) is 60.9 Å². The molecule has 1 fully saturated rings. The standard InChI is InChI=1S/C20H32N2O/c1-17(2)5-4-11-21-12-13-22(20(16-21)10-14-23)15-19-8-6-18(3)7-9-19/h5-9,20,23H,4,10-16H2,1-3H3/t20-/m0/s1. The van der Waals surface area contributed by atoms with Gasteiger partial charge in [-0.05, 0) is 39.2 Å². The summed E-state index contributed by atoms with van der Waals surface area (Å²) >= 11 is 0. The molecular formula is C20H32N2O. The molecule has 0 spiro atoms. The second-order valence-corrected chi connectivity index (χ2v) is 6.99. The van der Waals surface area contributed by atoms with Crippen LogP contribution in [0, 0.1) is 6.92 Å². The Bertz CT molecular complexity index is 491. The highest BCUT2D eigenvalue weighted by Gasteiger charge is 2.26. The van der Waals surface area contributed by atoms with Gasteiger partial charge in [0.1, 0.15) is 0 Å². The number of nitrogens with zero attached hydrogens (tertiary/aromatic N) is 2. The molecule has 23 heavy (non-hydrogen) atoms. The monoisotopic (exact) mass is 316 g/mol. The minimum atomic E-state index is 0.275. The summed E-state index contributed by atoms with van der Waals surface area (Å²) in [5.74, 6) is 0. The van der Waals surface area contributed by atoms with Crippen molar-refractivity contribution in [3.05, 3.63) is 47.0 Å². The van der Waals surface area contributed by atoms with Crippen molar-refractivity contribution in [3.8, 4) is 0 Å². The van der Waals surface area contributed by atoms with Crippen LogP contribution in [-0.4, -0.2) is 53.7 Å². The molecule has 1 aromatic carbocycles. The number of aliphatic hydroxyl groups excluding tert-OH is 1. The number of aryl methyl sites for hydroxylation is 1. The molecule has 0 bridgehead atoms. The topological polar surface area (TPSA) is 26.7 Å². The summed E-state index contributed by atoms with van der Waals surface area (Å²) in [7, 11) is 0. The van der Waals surface area contributed by atoms with Crippen LogP contribution in [-0.2, 0) is 6.54 Å². The highest BCUT2D eigenvalue weighted by Crippen LogP contribution is 2.17. The Morgan fingerprint density at radius 3 is 2.61 bits per heavy atom. The molecule has 3 heteroatoms. The minimum Gasteiger partial charge on any atom is -0.396 e. The van der Waals surface area contributed by atoms with E-state index in [4.69, 9.17) is 0 Å². The molecule has 1 heterocycles. The largest absolute Gasteiger partial charge is 0.396 e. The lowest BCUT2D eigenvalue weighted by Crippen LogP contribution is -2.53. The van der Waals surface area contributed by atoms with E-state index in [0.29, 0.717) is 6.04 Å². The first-order valence-electron chi connectivity index (χ1n) is 8.84. The van der Waals surface area contributed by atoms with Gasteiger partial charge in [0.05, 0.1) is 0 Å². The van der Waals surface area contributed by atoms with E-state index in [0.717, 1.165) is 45.6 Å². The number of rotatable bonds is 7. The Morgan fingerprint density at radius 2 is 1.96 bits per heavy atom. The van der Waals surface area contributed by atoms with Gasteiger partial charge in [0, 0.05) is 45.4 Å². The summed E-state index contributed by atoms with van der Waals surface area (Å²) in [4.78, 5) is 5.09. The van der Waals surface area contributed by atoms with Crippen molar-refractivity contribution in [1.82, 2.24) is 9.80 Å². The van der Waals surface area contributed by atoms with Crippen molar-refractivity contribution in [2.75, 3.05) is 32.8 Å². The third kappa shape index (κ3) is 6.09.